The second-order valence-corrected chi connectivity index (χ2v) is 5.69. The van der Waals surface area contributed by atoms with E-state index in [0.29, 0.717) is 12.2 Å². The molecule has 0 atom stereocenters. The summed E-state index contributed by atoms with van der Waals surface area (Å²) in [7, 11) is 0. The number of ketones is 1. The number of nitrogens with zero attached hydrogens (tertiary/aromatic N) is 4. The fourth-order valence-electron chi connectivity index (χ4n) is 2.43. The Bertz CT molecular complexity index is 1050. The van der Waals surface area contributed by atoms with E-state index >= 15 is 0 Å². The van der Waals surface area contributed by atoms with E-state index in [2.05, 4.69) is 10.3 Å². The zero-order chi connectivity index (χ0) is 19.1. The summed E-state index contributed by atoms with van der Waals surface area (Å²) in [6.07, 6.45) is 6.24. The Morgan fingerprint density at radius 1 is 1.15 bits per heavy atom. The fraction of sp³-hybridized carbons (Fsp3) is 0.0476. The van der Waals surface area contributed by atoms with Crippen LogP contribution in [-0.4, -0.2) is 20.8 Å². The monoisotopic (exact) mass is 358 g/mol. The van der Waals surface area contributed by atoms with Gasteiger partial charge < -0.3 is 0 Å². The van der Waals surface area contributed by atoms with Crippen LogP contribution in [0.3, 0.4) is 0 Å². The van der Waals surface area contributed by atoms with Crippen molar-refractivity contribution in [2.24, 2.45) is 0 Å². The Morgan fingerprint density at radius 2 is 1.89 bits per heavy atom. The molecular weight excluding hydrogens is 343 g/mol. The second-order valence-electron chi connectivity index (χ2n) is 5.69. The van der Waals surface area contributed by atoms with Gasteiger partial charge in [0.2, 0.25) is 5.78 Å². The van der Waals surface area contributed by atoms with E-state index < -0.39 is 11.6 Å². The van der Waals surface area contributed by atoms with Crippen LogP contribution >= 0.6 is 0 Å². The van der Waals surface area contributed by atoms with Crippen LogP contribution in [0.15, 0.2) is 78.5 Å². The van der Waals surface area contributed by atoms with E-state index in [1.54, 1.807) is 29.1 Å². The van der Waals surface area contributed by atoms with Gasteiger partial charge in [0.25, 0.3) is 0 Å². The molecule has 0 unspecified atom stereocenters. The average molecular weight is 358 g/mol. The summed E-state index contributed by atoms with van der Waals surface area (Å²) in [5, 5.41) is 17.2. The Morgan fingerprint density at radius 3 is 2.63 bits per heavy atom. The maximum atomic E-state index is 13.7. The molecule has 1 heterocycles. The first kappa shape index (κ1) is 18.0. The molecule has 3 rings (SSSR count). The summed E-state index contributed by atoms with van der Waals surface area (Å²) in [6.45, 7) is 0.590. The van der Waals surface area contributed by atoms with Crippen LogP contribution in [0.2, 0.25) is 0 Å². The van der Waals surface area contributed by atoms with Crippen LogP contribution in [-0.2, 0) is 6.54 Å². The number of carbonyl (C=O) groups excluding carboxylic acids is 1. The smallest absolute Gasteiger partial charge is 0.206 e. The van der Waals surface area contributed by atoms with Crippen molar-refractivity contribution in [3.63, 3.8) is 0 Å². The highest BCUT2D eigenvalue weighted by atomic mass is 19.1. The topological polar surface area (TPSA) is 71.6 Å². The van der Waals surface area contributed by atoms with E-state index in [0.717, 1.165) is 5.56 Å². The molecule has 0 aliphatic rings. The molecule has 0 saturated carbocycles. The molecule has 0 spiro atoms. The van der Waals surface area contributed by atoms with E-state index in [-0.39, 0.29) is 11.1 Å². The van der Waals surface area contributed by atoms with E-state index in [1.807, 2.05) is 30.3 Å². The minimum atomic E-state index is -0.659. The zero-order valence-corrected chi connectivity index (χ0v) is 14.3. The number of allylic oxidation sites excluding steroid dienone is 3. The highest BCUT2D eigenvalue weighted by Gasteiger charge is 2.15. The lowest BCUT2D eigenvalue weighted by Gasteiger charge is -1.99. The van der Waals surface area contributed by atoms with Crippen molar-refractivity contribution in [2.45, 2.75) is 6.54 Å². The summed E-state index contributed by atoms with van der Waals surface area (Å²) in [6, 6.07) is 17.2. The molecule has 3 aromatic rings. The largest absolute Gasteiger partial charge is 0.288 e. The Kier molecular flexibility index (Phi) is 5.65. The van der Waals surface area contributed by atoms with Gasteiger partial charge in [-0.05, 0) is 29.8 Å². The number of rotatable bonds is 6. The van der Waals surface area contributed by atoms with Crippen LogP contribution in [0.4, 0.5) is 4.39 Å². The number of Topliss-reactive ketones (excluding diaryl/α,β-unsaturated/α-hetero) is 1. The number of carbonyl (C=O) groups is 1. The molecule has 6 heteroatoms. The summed E-state index contributed by atoms with van der Waals surface area (Å²) in [5.41, 5.74) is 1.39. The second kappa shape index (κ2) is 8.50. The van der Waals surface area contributed by atoms with Crippen LogP contribution in [0, 0.1) is 17.1 Å². The van der Waals surface area contributed by atoms with Crippen molar-refractivity contribution in [2.75, 3.05) is 0 Å². The SMILES string of the molecule is N#C/C(=C\C=C\c1cn(Cc2ccccc2)nn1)C(=O)c1ccccc1F. The van der Waals surface area contributed by atoms with E-state index in [1.165, 1.54) is 30.4 Å². The van der Waals surface area contributed by atoms with Gasteiger partial charge in [-0.3, -0.25) is 4.79 Å². The van der Waals surface area contributed by atoms with Gasteiger partial charge in [-0.2, -0.15) is 5.26 Å². The van der Waals surface area contributed by atoms with Gasteiger partial charge in [-0.1, -0.05) is 53.8 Å². The highest BCUT2D eigenvalue weighted by molar-refractivity contribution is 6.11. The molecule has 5 nitrogen and oxygen atoms in total. The third kappa shape index (κ3) is 4.61. The number of hydrogen-bond donors (Lipinski definition) is 0. The first-order valence-electron chi connectivity index (χ1n) is 8.19. The Hall–Kier alpha value is -3.85. The average Bonchev–Trinajstić information content (AvgIpc) is 3.13. The molecule has 0 N–H and O–H groups in total. The first-order valence-corrected chi connectivity index (χ1v) is 8.19. The normalized spacial score (nSPS) is 11.5. The van der Waals surface area contributed by atoms with Gasteiger partial charge in [0, 0.05) is 0 Å². The minimum absolute atomic E-state index is 0.132. The fourth-order valence-corrected chi connectivity index (χ4v) is 2.43. The maximum Gasteiger partial charge on any atom is 0.206 e. The molecule has 1 aromatic heterocycles. The molecule has 0 bridgehead atoms. The van der Waals surface area contributed by atoms with Gasteiger partial charge in [0.05, 0.1) is 18.3 Å². The highest BCUT2D eigenvalue weighted by Crippen LogP contribution is 2.12. The van der Waals surface area contributed by atoms with E-state index in [4.69, 9.17) is 0 Å². The summed E-state index contributed by atoms with van der Waals surface area (Å²) in [5.74, 6) is -1.32. The van der Waals surface area contributed by atoms with Gasteiger partial charge in [0.15, 0.2) is 0 Å². The number of halogens is 1. The Balaban J connectivity index is 1.71. The van der Waals surface area contributed by atoms with Crippen LogP contribution < -0.4 is 0 Å². The molecule has 2 aromatic carbocycles. The lowest BCUT2D eigenvalue weighted by molar-refractivity contribution is 0.103. The molecule has 0 fully saturated rings. The standard InChI is InChI=1S/C21H15FN4O/c22-20-12-5-4-11-19(20)21(27)17(13-23)9-6-10-18-15-26(25-24-18)14-16-7-2-1-3-8-16/h1-12,15H,14H2/b10-6+,17-9+. The number of nitriles is 1. The van der Waals surface area contributed by atoms with Gasteiger partial charge in [0.1, 0.15) is 23.2 Å². The Labute approximate surface area is 155 Å². The molecule has 0 aliphatic carbocycles. The van der Waals surface area contributed by atoms with Crippen LogP contribution in [0.1, 0.15) is 21.6 Å². The van der Waals surface area contributed by atoms with Gasteiger partial charge in [-0.25, -0.2) is 9.07 Å². The number of aromatic nitrogens is 3. The predicted molar refractivity (Wildman–Crippen MR) is 99.0 cm³/mol. The molecule has 0 amide bonds. The zero-order valence-electron chi connectivity index (χ0n) is 14.3. The molecule has 0 radical (unpaired) electrons. The summed E-state index contributed by atoms with van der Waals surface area (Å²) < 4.78 is 15.4. The van der Waals surface area contributed by atoms with Crippen LogP contribution in [0.5, 0.6) is 0 Å². The van der Waals surface area contributed by atoms with Crippen molar-refractivity contribution in [1.82, 2.24) is 15.0 Å². The minimum Gasteiger partial charge on any atom is -0.288 e. The quantitative estimate of drug-likeness (QED) is 0.291. The molecule has 0 saturated heterocycles. The molecule has 132 valence electrons. The number of benzene rings is 2. The van der Waals surface area contributed by atoms with Crippen molar-refractivity contribution >= 4 is 11.9 Å². The number of hydrogen-bond acceptors (Lipinski definition) is 4. The third-order valence-corrected chi connectivity index (χ3v) is 3.76. The summed E-state index contributed by atoms with van der Waals surface area (Å²) in [4.78, 5) is 12.2. The lowest BCUT2D eigenvalue weighted by atomic mass is 10.0. The van der Waals surface area contributed by atoms with Crippen molar-refractivity contribution in [3.05, 3.63) is 101 Å². The van der Waals surface area contributed by atoms with Gasteiger partial charge >= 0.3 is 0 Å². The third-order valence-electron chi connectivity index (χ3n) is 3.76. The maximum absolute atomic E-state index is 13.7. The first-order chi connectivity index (χ1) is 13.2. The van der Waals surface area contributed by atoms with Crippen molar-refractivity contribution in [1.29, 1.82) is 5.26 Å². The van der Waals surface area contributed by atoms with Crippen molar-refractivity contribution < 1.29 is 9.18 Å². The summed E-state index contributed by atoms with van der Waals surface area (Å²) >= 11 is 0. The van der Waals surface area contributed by atoms with E-state index in [9.17, 15) is 14.4 Å². The van der Waals surface area contributed by atoms with Crippen molar-refractivity contribution in [3.8, 4) is 6.07 Å². The lowest BCUT2D eigenvalue weighted by Crippen LogP contribution is -2.04. The molecule has 27 heavy (non-hydrogen) atoms. The molecular formula is C21H15FN4O. The van der Waals surface area contributed by atoms with Crippen LogP contribution in [0.25, 0.3) is 6.08 Å². The predicted octanol–water partition coefficient (Wildman–Crippen LogP) is 3.81. The molecule has 0 aliphatic heterocycles. The van der Waals surface area contributed by atoms with Gasteiger partial charge in [-0.15, -0.1) is 5.10 Å².